The Morgan fingerprint density at radius 1 is 1.33 bits per heavy atom. The Balaban J connectivity index is 2.11. The number of alkyl carbamates (subject to hydrolysis) is 1. The second-order valence-electron chi connectivity index (χ2n) is 7.07. The Bertz CT molecular complexity index is 307. The molecule has 0 aliphatic carbocycles. The van der Waals surface area contributed by atoms with Gasteiger partial charge in [-0.15, -0.1) is 0 Å². The predicted molar refractivity (Wildman–Crippen MR) is 86.5 cm³/mol. The second-order valence-corrected chi connectivity index (χ2v) is 7.07. The molecule has 0 bridgehead atoms. The molecular formula is C16H33N3O2. The highest BCUT2D eigenvalue weighted by Crippen LogP contribution is 2.15. The Labute approximate surface area is 129 Å². The Hall–Kier alpha value is -0.810. The highest BCUT2D eigenvalue weighted by molar-refractivity contribution is 5.67. The summed E-state index contributed by atoms with van der Waals surface area (Å²) in [5.41, 5.74) is -0.437. The van der Waals surface area contributed by atoms with Gasteiger partial charge in [0.2, 0.25) is 0 Å². The molecule has 0 spiro atoms. The maximum absolute atomic E-state index is 11.6. The van der Waals surface area contributed by atoms with Crippen LogP contribution < -0.4 is 10.6 Å². The summed E-state index contributed by atoms with van der Waals surface area (Å²) in [5, 5.41) is 6.33. The van der Waals surface area contributed by atoms with E-state index in [0.717, 1.165) is 19.0 Å². The summed E-state index contributed by atoms with van der Waals surface area (Å²) < 4.78 is 5.22. The molecule has 0 aromatic rings. The van der Waals surface area contributed by atoms with Crippen LogP contribution in [0.4, 0.5) is 4.79 Å². The largest absolute Gasteiger partial charge is 0.444 e. The number of hydrogen-bond acceptors (Lipinski definition) is 4. The molecule has 0 aromatic carbocycles. The fourth-order valence-corrected chi connectivity index (χ4v) is 2.50. The molecule has 1 aliphatic rings. The topological polar surface area (TPSA) is 53.6 Å². The van der Waals surface area contributed by atoms with Crippen molar-refractivity contribution in [2.75, 3.05) is 32.7 Å². The van der Waals surface area contributed by atoms with E-state index < -0.39 is 5.60 Å². The van der Waals surface area contributed by atoms with Crippen LogP contribution in [-0.4, -0.2) is 55.4 Å². The molecule has 21 heavy (non-hydrogen) atoms. The van der Waals surface area contributed by atoms with E-state index in [1.54, 1.807) is 0 Å². The van der Waals surface area contributed by atoms with Crippen molar-refractivity contribution in [1.82, 2.24) is 15.5 Å². The minimum atomic E-state index is -0.437. The van der Waals surface area contributed by atoms with E-state index in [4.69, 9.17) is 4.74 Å². The minimum absolute atomic E-state index is 0.265. The Kier molecular flexibility index (Phi) is 7.46. The van der Waals surface area contributed by atoms with Crippen LogP contribution in [0.2, 0.25) is 0 Å². The molecule has 1 saturated heterocycles. The van der Waals surface area contributed by atoms with Gasteiger partial charge in [0.1, 0.15) is 5.60 Å². The zero-order chi connectivity index (χ0) is 15.9. The van der Waals surface area contributed by atoms with E-state index in [-0.39, 0.29) is 12.1 Å². The number of hydrogen-bond donors (Lipinski definition) is 2. The molecule has 1 atom stereocenters. The summed E-state index contributed by atoms with van der Waals surface area (Å²) in [6.07, 6.45) is 2.20. The van der Waals surface area contributed by atoms with Crippen molar-refractivity contribution < 1.29 is 9.53 Å². The van der Waals surface area contributed by atoms with Crippen molar-refractivity contribution in [3.05, 3.63) is 0 Å². The van der Waals surface area contributed by atoms with Gasteiger partial charge in [0.05, 0.1) is 0 Å². The van der Waals surface area contributed by atoms with Crippen molar-refractivity contribution in [3.63, 3.8) is 0 Å². The first-order chi connectivity index (χ1) is 9.80. The molecule has 1 aliphatic heterocycles. The van der Waals surface area contributed by atoms with Crippen LogP contribution in [0.5, 0.6) is 0 Å². The number of piperidine rings is 1. The van der Waals surface area contributed by atoms with E-state index in [1.807, 2.05) is 20.8 Å². The second kappa shape index (κ2) is 8.59. The van der Waals surface area contributed by atoms with E-state index >= 15 is 0 Å². The van der Waals surface area contributed by atoms with Crippen LogP contribution in [0, 0.1) is 5.92 Å². The van der Waals surface area contributed by atoms with Crippen LogP contribution in [0.1, 0.15) is 47.5 Å². The van der Waals surface area contributed by atoms with E-state index in [0.29, 0.717) is 6.54 Å². The lowest BCUT2D eigenvalue weighted by Crippen LogP contribution is -2.44. The number of amides is 1. The van der Waals surface area contributed by atoms with Crippen molar-refractivity contribution in [2.45, 2.75) is 59.1 Å². The lowest BCUT2D eigenvalue weighted by atomic mass is 9.96. The van der Waals surface area contributed by atoms with Crippen molar-refractivity contribution in [1.29, 1.82) is 0 Å². The number of ether oxygens (including phenoxy) is 1. The smallest absolute Gasteiger partial charge is 0.407 e. The number of likely N-dealkylation sites (tertiary alicyclic amines) is 1. The highest BCUT2D eigenvalue weighted by Gasteiger charge is 2.19. The molecule has 1 rings (SSSR count). The molecule has 2 N–H and O–H groups in total. The highest BCUT2D eigenvalue weighted by atomic mass is 16.6. The zero-order valence-electron chi connectivity index (χ0n) is 14.4. The van der Waals surface area contributed by atoms with Crippen LogP contribution >= 0.6 is 0 Å². The van der Waals surface area contributed by atoms with Gasteiger partial charge in [-0.3, -0.25) is 0 Å². The number of nitrogens with one attached hydrogen (secondary N) is 2. The minimum Gasteiger partial charge on any atom is -0.444 e. The third-order valence-corrected chi connectivity index (χ3v) is 3.86. The lowest BCUT2D eigenvalue weighted by molar-refractivity contribution is 0.0523. The van der Waals surface area contributed by atoms with Gasteiger partial charge in [0.25, 0.3) is 0 Å². The fraction of sp³-hybridized carbons (Fsp3) is 0.938. The van der Waals surface area contributed by atoms with Crippen molar-refractivity contribution in [3.8, 4) is 0 Å². The molecule has 124 valence electrons. The first-order valence-corrected chi connectivity index (χ1v) is 8.22. The summed E-state index contributed by atoms with van der Waals surface area (Å²) in [5.74, 6) is 0.761. The first-order valence-electron chi connectivity index (χ1n) is 8.22. The molecule has 1 unspecified atom stereocenters. The molecular weight excluding hydrogens is 266 g/mol. The SMILES string of the molecule is CCN1CCC(CNC(C)CNC(=O)OC(C)(C)C)CC1. The molecule has 5 nitrogen and oxygen atoms in total. The molecule has 0 aromatic heterocycles. The third-order valence-electron chi connectivity index (χ3n) is 3.86. The third kappa shape index (κ3) is 8.27. The van der Waals surface area contributed by atoms with Crippen molar-refractivity contribution in [2.24, 2.45) is 5.92 Å². The Morgan fingerprint density at radius 3 is 2.48 bits per heavy atom. The van der Waals surface area contributed by atoms with E-state index in [1.165, 1.54) is 25.9 Å². The molecule has 5 heteroatoms. The average molecular weight is 299 g/mol. The molecule has 1 fully saturated rings. The summed E-state index contributed by atoms with van der Waals surface area (Å²) in [6.45, 7) is 15.2. The number of carbonyl (C=O) groups excluding carboxylic acids is 1. The quantitative estimate of drug-likeness (QED) is 0.789. The van der Waals surface area contributed by atoms with Gasteiger partial charge in [0, 0.05) is 12.6 Å². The number of nitrogens with zero attached hydrogens (tertiary/aromatic N) is 1. The maximum atomic E-state index is 11.6. The monoisotopic (exact) mass is 299 g/mol. The summed E-state index contributed by atoms with van der Waals surface area (Å²) >= 11 is 0. The molecule has 1 amide bonds. The average Bonchev–Trinajstić information content (AvgIpc) is 2.41. The van der Waals surface area contributed by atoms with Crippen LogP contribution in [0.15, 0.2) is 0 Å². The van der Waals surface area contributed by atoms with E-state index in [2.05, 4.69) is 29.4 Å². The number of rotatable bonds is 6. The normalized spacial score (nSPS) is 19.3. The van der Waals surface area contributed by atoms with E-state index in [9.17, 15) is 4.79 Å². The fourth-order valence-electron chi connectivity index (χ4n) is 2.50. The summed E-state index contributed by atoms with van der Waals surface area (Å²) in [4.78, 5) is 14.1. The van der Waals surface area contributed by atoms with Crippen molar-refractivity contribution >= 4 is 6.09 Å². The summed E-state index contributed by atoms with van der Waals surface area (Å²) in [6, 6.07) is 0.265. The summed E-state index contributed by atoms with van der Waals surface area (Å²) in [7, 11) is 0. The Morgan fingerprint density at radius 2 is 1.95 bits per heavy atom. The van der Waals surface area contributed by atoms with Gasteiger partial charge in [-0.2, -0.15) is 0 Å². The zero-order valence-corrected chi connectivity index (χ0v) is 14.4. The molecule has 0 saturated carbocycles. The number of carbonyl (C=O) groups is 1. The molecule has 0 radical (unpaired) electrons. The van der Waals surface area contributed by atoms with Gasteiger partial charge in [-0.25, -0.2) is 4.79 Å². The molecule has 1 heterocycles. The van der Waals surface area contributed by atoms with Gasteiger partial charge in [0.15, 0.2) is 0 Å². The predicted octanol–water partition coefficient (Wildman–Crippen LogP) is 2.22. The van der Waals surface area contributed by atoms with Gasteiger partial charge in [-0.05, 0) is 72.6 Å². The van der Waals surface area contributed by atoms with Gasteiger partial charge < -0.3 is 20.3 Å². The van der Waals surface area contributed by atoms with Crippen LogP contribution in [0.25, 0.3) is 0 Å². The van der Waals surface area contributed by atoms with Gasteiger partial charge >= 0.3 is 6.09 Å². The van der Waals surface area contributed by atoms with Crippen LogP contribution in [0.3, 0.4) is 0 Å². The first kappa shape index (κ1) is 18.2. The lowest BCUT2D eigenvalue weighted by Gasteiger charge is -2.31. The van der Waals surface area contributed by atoms with Gasteiger partial charge in [-0.1, -0.05) is 6.92 Å². The standard InChI is InChI=1S/C16H33N3O2/c1-6-19-9-7-14(8-10-19)12-17-13(2)11-18-15(20)21-16(3,4)5/h13-14,17H,6-12H2,1-5H3,(H,18,20). The maximum Gasteiger partial charge on any atom is 0.407 e. The van der Waals surface area contributed by atoms with Crippen LogP contribution in [-0.2, 0) is 4.74 Å².